The lowest BCUT2D eigenvalue weighted by molar-refractivity contribution is 0.432. The monoisotopic (exact) mass is 463 g/mol. The molecule has 27 heavy (non-hydrogen) atoms. The number of benzene rings is 1. The van der Waals surface area contributed by atoms with Crippen LogP contribution in [-0.4, -0.2) is 38.8 Å². The fourth-order valence-corrected chi connectivity index (χ4v) is 4.45. The Hall–Kier alpha value is -1.81. The van der Waals surface area contributed by atoms with Crippen LogP contribution < -0.4 is 10.2 Å². The predicted octanol–water partition coefficient (Wildman–Crippen LogP) is 3.75. The van der Waals surface area contributed by atoms with Crippen LogP contribution in [0.3, 0.4) is 0 Å². The maximum atomic E-state index is 14.7. The largest absolute Gasteiger partial charge is 0.384 e. The van der Waals surface area contributed by atoms with E-state index in [0.29, 0.717) is 18.8 Å². The van der Waals surface area contributed by atoms with Crippen LogP contribution in [0, 0.1) is 17.6 Å². The van der Waals surface area contributed by atoms with Gasteiger partial charge in [-0.15, -0.1) is 0 Å². The molecular formula is C17H17BrF3N3O2S. The lowest BCUT2D eigenvalue weighted by Crippen LogP contribution is -2.25. The van der Waals surface area contributed by atoms with Crippen molar-refractivity contribution in [3.05, 3.63) is 46.3 Å². The maximum absolute atomic E-state index is 14.7. The number of rotatable bonds is 6. The number of sulfone groups is 1. The Bertz CT molecular complexity index is 933. The Morgan fingerprint density at radius 3 is 2.33 bits per heavy atom. The molecule has 5 nitrogen and oxygen atoms in total. The summed E-state index contributed by atoms with van der Waals surface area (Å²) in [7, 11) is -4.40. The van der Waals surface area contributed by atoms with Gasteiger partial charge in [-0.1, -0.05) is 15.9 Å². The van der Waals surface area contributed by atoms with E-state index in [9.17, 15) is 21.6 Å². The molecule has 1 aromatic carbocycles. The standard InChI is InChI=1S/C17H17BrF3N3O2S/c18-11-3-5-12(6-4-11)22-7-10-27(25,26)15-13(19)16(21)23-17(14(15)20)24-8-1-2-9-24/h3-6,22H,1-2,7-10H2. The number of pyridine rings is 1. The predicted molar refractivity (Wildman–Crippen MR) is 100 cm³/mol. The van der Waals surface area contributed by atoms with Crippen LogP contribution in [0.5, 0.6) is 0 Å². The van der Waals surface area contributed by atoms with E-state index >= 15 is 0 Å². The maximum Gasteiger partial charge on any atom is 0.252 e. The molecule has 2 heterocycles. The normalized spacial score (nSPS) is 14.6. The van der Waals surface area contributed by atoms with Gasteiger partial charge in [0.15, 0.2) is 27.3 Å². The summed E-state index contributed by atoms with van der Waals surface area (Å²) in [5.41, 5.74) is 0.646. The summed E-state index contributed by atoms with van der Waals surface area (Å²) < 4.78 is 68.6. The molecule has 0 aliphatic carbocycles. The highest BCUT2D eigenvalue weighted by Crippen LogP contribution is 2.30. The highest BCUT2D eigenvalue weighted by molar-refractivity contribution is 9.10. The Kier molecular flexibility index (Phi) is 5.95. The molecule has 0 amide bonds. The van der Waals surface area contributed by atoms with E-state index in [-0.39, 0.29) is 6.54 Å². The highest BCUT2D eigenvalue weighted by Gasteiger charge is 2.32. The molecule has 10 heteroatoms. The lowest BCUT2D eigenvalue weighted by atomic mass is 10.3. The van der Waals surface area contributed by atoms with Gasteiger partial charge in [0, 0.05) is 29.8 Å². The fourth-order valence-electron chi connectivity index (χ4n) is 2.89. The minimum atomic E-state index is -4.40. The molecule has 1 aliphatic heterocycles. The van der Waals surface area contributed by atoms with Crippen molar-refractivity contribution in [2.24, 2.45) is 0 Å². The molecule has 0 spiro atoms. The molecule has 0 bridgehead atoms. The van der Waals surface area contributed by atoms with Crippen LogP contribution in [0.2, 0.25) is 0 Å². The smallest absolute Gasteiger partial charge is 0.252 e. The van der Waals surface area contributed by atoms with Gasteiger partial charge in [-0.25, -0.2) is 17.2 Å². The van der Waals surface area contributed by atoms with Gasteiger partial charge in [0.2, 0.25) is 0 Å². The van der Waals surface area contributed by atoms with E-state index < -0.39 is 43.9 Å². The van der Waals surface area contributed by atoms with Crippen LogP contribution >= 0.6 is 15.9 Å². The van der Waals surface area contributed by atoms with Crippen LogP contribution in [0.4, 0.5) is 24.7 Å². The SMILES string of the molecule is O=S(=O)(CCNc1ccc(Br)cc1)c1c(F)c(F)nc(N2CCCC2)c1F. The molecule has 1 fully saturated rings. The summed E-state index contributed by atoms with van der Waals surface area (Å²) in [4.78, 5) is 3.46. The summed E-state index contributed by atoms with van der Waals surface area (Å²) in [6.45, 7) is 0.741. The molecule has 0 radical (unpaired) electrons. The second-order valence-corrected chi connectivity index (χ2v) is 9.09. The van der Waals surface area contributed by atoms with Crippen LogP contribution in [-0.2, 0) is 9.84 Å². The van der Waals surface area contributed by atoms with Crippen LogP contribution in [0.25, 0.3) is 0 Å². The van der Waals surface area contributed by atoms with E-state index in [4.69, 9.17) is 0 Å². The Labute approximate surface area is 163 Å². The third-order valence-corrected chi connectivity index (χ3v) is 6.49. The zero-order valence-corrected chi connectivity index (χ0v) is 16.6. The van der Waals surface area contributed by atoms with E-state index in [2.05, 4.69) is 26.2 Å². The summed E-state index contributed by atoms with van der Waals surface area (Å²) >= 11 is 3.28. The third-order valence-electron chi connectivity index (χ3n) is 4.24. The molecule has 1 aliphatic rings. The molecule has 0 saturated carbocycles. The molecule has 2 aromatic rings. The number of nitrogens with one attached hydrogen (secondary N) is 1. The minimum Gasteiger partial charge on any atom is -0.384 e. The Balaban J connectivity index is 1.83. The van der Waals surface area contributed by atoms with Crippen molar-refractivity contribution < 1.29 is 21.6 Å². The second kappa shape index (κ2) is 8.05. The molecule has 1 saturated heterocycles. The summed E-state index contributed by atoms with van der Waals surface area (Å²) in [5, 5.41) is 2.86. The average molecular weight is 464 g/mol. The Morgan fingerprint density at radius 2 is 1.70 bits per heavy atom. The van der Waals surface area contributed by atoms with Crippen molar-refractivity contribution in [1.82, 2.24) is 4.98 Å². The van der Waals surface area contributed by atoms with Crippen molar-refractivity contribution >= 4 is 37.3 Å². The minimum absolute atomic E-state index is 0.0914. The highest BCUT2D eigenvalue weighted by atomic mass is 79.9. The topological polar surface area (TPSA) is 62.3 Å². The van der Waals surface area contributed by atoms with Crippen molar-refractivity contribution in [3.8, 4) is 0 Å². The van der Waals surface area contributed by atoms with Gasteiger partial charge in [0.1, 0.15) is 4.90 Å². The number of hydrogen-bond donors (Lipinski definition) is 1. The second-order valence-electron chi connectivity index (χ2n) is 6.13. The number of halogens is 4. The van der Waals surface area contributed by atoms with Gasteiger partial charge >= 0.3 is 0 Å². The number of aromatic nitrogens is 1. The molecule has 1 aromatic heterocycles. The first-order valence-corrected chi connectivity index (χ1v) is 10.8. The average Bonchev–Trinajstić information content (AvgIpc) is 3.14. The van der Waals surface area contributed by atoms with Crippen LogP contribution in [0.15, 0.2) is 33.6 Å². The third kappa shape index (κ3) is 4.37. The zero-order valence-electron chi connectivity index (χ0n) is 14.2. The first-order valence-electron chi connectivity index (χ1n) is 8.31. The van der Waals surface area contributed by atoms with Crippen molar-refractivity contribution in [2.45, 2.75) is 17.7 Å². The zero-order chi connectivity index (χ0) is 19.6. The van der Waals surface area contributed by atoms with Gasteiger partial charge < -0.3 is 10.2 Å². The molecule has 146 valence electrons. The van der Waals surface area contributed by atoms with Crippen molar-refractivity contribution in [3.63, 3.8) is 0 Å². The molecule has 3 rings (SSSR count). The quantitative estimate of drug-likeness (QED) is 0.661. The molecule has 0 atom stereocenters. The molecule has 1 N–H and O–H groups in total. The molecule has 0 unspecified atom stereocenters. The summed E-state index contributed by atoms with van der Waals surface area (Å²) in [6, 6.07) is 6.96. The first-order chi connectivity index (χ1) is 12.8. The van der Waals surface area contributed by atoms with Gasteiger partial charge in [0.25, 0.3) is 5.95 Å². The van der Waals surface area contributed by atoms with Gasteiger partial charge in [-0.3, -0.25) is 0 Å². The number of nitrogens with zero attached hydrogens (tertiary/aromatic N) is 2. The van der Waals surface area contributed by atoms with Gasteiger partial charge in [-0.05, 0) is 37.1 Å². The van der Waals surface area contributed by atoms with Gasteiger partial charge in [0.05, 0.1) is 5.75 Å². The number of anilines is 2. The van der Waals surface area contributed by atoms with E-state index in [0.717, 1.165) is 17.3 Å². The summed E-state index contributed by atoms with van der Waals surface area (Å²) in [6.07, 6.45) is 1.50. The number of hydrogen-bond acceptors (Lipinski definition) is 5. The Morgan fingerprint density at radius 1 is 1.07 bits per heavy atom. The van der Waals surface area contributed by atoms with E-state index in [1.807, 2.05) is 0 Å². The van der Waals surface area contributed by atoms with E-state index in [1.165, 1.54) is 4.90 Å². The van der Waals surface area contributed by atoms with Crippen molar-refractivity contribution in [1.29, 1.82) is 0 Å². The van der Waals surface area contributed by atoms with Gasteiger partial charge in [-0.2, -0.15) is 9.37 Å². The first kappa shape index (κ1) is 19.9. The van der Waals surface area contributed by atoms with Crippen molar-refractivity contribution in [2.75, 3.05) is 35.6 Å². The van der Waals surface area contributed by atoms with Crippen LogP contribution in [0.1, 0.15) is 12.8 Å². The lowest BCUT2D eigenvalue weighted by Gasteiger charge is -2.19. The summed E-state index contributed by atoms with van der Waals surface area (Å²) in [5.74, 6) is -5.78. The van der Waals surface area contributed by atoms with E-state index in [1.54, 1.807) is 24.3 Å². The molecular weight excluding hydrogens is 447 g/mol. The fraction of sp³-hybridized carbons (Fsp3) is 0.353.